The van der Waals surface area contributed by atoms with Gasteiger partial charge in [-0.25, -0.2) is 8.42 Å². The summed E-state index contributed by atoms with van der Waals surface area (Å²) in [7, 11) is 0.103. The van der Waals surface area contributed by atoms with Crippen molar-refractivity contribution in [2.75, 3.05) is 23.7 Å². The van der Waals surface area contributed by atoms with Crippen molar-refractivity contribution in [1.82, 2.24) is 0 Å². The molecule has 1 N–H and O–H groups in total. The van der Waals surface area contributed by atoms with Gasteiger partial charge >= 0.3 is 0 Å². The summed E-state index contributed by atoms with van der Waals surface area (Å²) in [5.74, 6) is 0. The van der Waals surface area contributed by atoms with E-state index in [1.165, 1.54) is 0 Å². The fraction of sp³-hybridized carbons (Fsp3) is 0.200. The molecule has 0 aliphatic carbocycles. The molecule has 2 aromatic rings. The van der Waals surface area contributed by atoms with Crippen LogP contribution in [0, 0.1) is 6.92 Å². The van der Waals surface area contributed by atoms with Crippen molar-refractivity contribution in [3.05, 3.63) is 53.1 Å². The molecular weight excluding hydrogens is 308 g/mol. The normalized spacial score (nSPS) is 11.2. The Bertz CT molecular complexity index is 758. The topological polar surface area (TPSA) is 49.4 Å². The molecule has 0 aliphatic rings. The third-order valence-corrected chi connectivity index (χ3v) is 4.68. The number of anilines is 2. The van der Waals surface area contributed by atoms with E-state index in [1.54, 1.807) is 43.3 Å². The van der Waals surface area contributed by atoms with E-state index in [9.17, 15) is 8.42 Å². The monoisotopic (exact) mass is 324 g/mol. The molecule has 0 aromatic heterocycles. The van der Waals surface area contributed by atoms with E-state index >= 15 is 0 Å². The third kappa shape index (κ3) is 3.68. The van der Waals surface area contributed by atoms with Crippen LogP contribution in [0.4, 0.5) is 11.4 Å². The van der Waals surface area contributed by atoms with Gasteiger partial charge in [-0.2, -0.15) is 0 Å². The van der Waals surface area contributed by atoms with Crippen LogP contribution < -0.4 is 9.62 Å². The van der Waals surface area contributed by atoms with Crippen LogP contribution in [0.5, 0.6) is 0 Å². The zero-order valence-electron chi connectivity index (χ0n) is 12.1. The van der Waals surface area contributed by atoms with Crippen LogP contribution in [0.15, 0.2) is 47.4 Å². The number of rotatable bonds is 4. The maximum atomic E-state index is 12.5. The standard InChI is InChI=1S/C15H17ClN2O2S/c1-11-9-12(16)7-8-15(11)17-21(19,20)14-6-4-5-13(10-14)18(2)3/h4-10,17H,1-3H3. The molecule has 0 atom stereocenters. The van der Waals surface area contributed by atoms with Crippen molar-refractivity contribution in [2.24, 2.45) is 0 Å². The minimum atomic E-state index is -3.62. The first kappa shape index (κ1) is 15.7. The molecule has 2 rings (SSSR count). The molecule has 6 heteroatoms. The van der Waals surface area contributed by atoms with E-state index in [0.29, 0.717) is 10.7 Å². The van der Waals surface area contributed by atoms with Crippen LogP contribution in [-0.4, -0.2) is 22.5 Å². The highest BCUT2D eigenvalue weighted by molar-refractivity contribution is 7.92. The van der Waals surface area contributed by atoms with Gasteiger partial charge in [0.2, 0.25) is 0 Å². The number of nitrogens with zero attached hydrogens (tertiary/aromatic N) is 1. The van der Waals surface area contributed by atoms with Crippen molar-refractivity contribution in [3.63, 3.8) is 0 Å². The minimum Gasteiger partial charge on any atom is -0.378 e. The first-order valence-electron chi connectivity index (χ1n) is 6.36. The number of nitrogens with one attached hydrogen (secondary N) is 1. The van der Waals surface area contributed by atoms with Gasteiger partial charge in [-0.1, -0.05) is 17.7 Å². The first-order chi connectivity index (χ1) is 9.79. The lowest BCUT2D eigenvalue weighted by Gasteiger charge is -2.15. The highest BCUT2D eigenvalue weighted by Crippen LogP contribution is 2.24. The summed E-state index contributed by atoms with van der Waals surface area (Å²) in [6.07, 6.45) is 0. The van der Waals surface area contributed by atoms with Gasteiger partial charge in [-0.15, -0.1) is 0 Å². The van der Waals surface area contributed by atoms with Gasteiger partial charge in [0.25, 0.3) is 10.0 Å². The Morgan fingerprint density at radius 2 is 1.81 bits per heavy atom. The summed E-state index contributed by atoms with van der Waals surface area (Å²) in [6, 6.07) is 11.8. The average Bonchev–Trinajstić information content (AvgIpc) is 2.42. The van der Waals surface area contributed by atoms with Crippen LogP contribution >= 0.6 is 11.6 Å². The van der Waals surface area contributed by atoms with Gasteiger partial charge in [0.15, 0.2) is 0 Å². The van der Waals surface area contributed by atoms with E-state index in [4.69, 9.17) is 11.6 Å². The Balaban J connectivity index is 2.36. The predicted octanol–water partition coefficient (Wildman–Crippen LogP) is 3.52. The summed E-state index contributed by atoms with van der Waals surface area (Å²) < 4.78 is 27.5. The fourth-order valence-corrected chi connectivity index (χ4v) is 3.27. The SMILES string of the molecule is Cc1cc(Cl)ccc1NS(=O)(=O)c1cccc(N(C)C)c1. The third-order valence-electron chi connectivity index (χ3n) is 3.08. The second-order valence-electron chi connectivity index (χ2n) is 4.96. The number of halogens is 1. The van der Waals surface area contributed by atoms with Crippen LogP contribution in [0.2, 0.25) is 5.02 Å². The molecule has 0 radical (unpaired) electrons. The molecule has 4 nitrogen and oxygen atoms in total. The molecule has 0 aliphatic heterocycles. The lowest BCUT2D eigenvalue weighted by molar-refractivity contribution is 0.601. The lowest BCUT2D eigenvalue weighted by Crippen LogP contribution is -2.15. The number of benzene rings is 2. The molecule has 112 valence electrons. The first-order valence-corrected chi connectivity index (χ1v) is 8.22. The number of hydrogen-bond acceptors (Lipinski definition) is 3. The summed E-state index contributed by atoms with van der Waals surface area (Å²) in [4.78, 5) is 2.08. The Hall–Kier alpha value is -1.72. The maximum absolute atomic E-state index is 12.5. The largest absolute Gasteiger partial charge is 0.378 e. The molecule has 0 amide bonds. The highest BCUT2D eigenvalue weighted by Gasteiger charge is 2.16. The van der Waals surface area contributed by atoms with Crippen LogP contribution in [0.3, 0.4) is 0 Å². The van der Waals surface area contributed by atoms with Crippen molar-refractivity contribution < 1.29 is 8.42 Å². The molecule has 0 unspecified atom stereocenters. The Labute approximate surface area is 130 Å². The highest BCUT2D eigenvalue weighted by atomic mass is 35.5. The summed E-state index contributed by atoms with van der Waals surface area (Å²) in [5, 5.41) is 0.574. The quantitative estimate of drug-likeness (QED) is 0.936. The molecule has 2 aromatic carbocycles. The second-order valence-corrected chi connectivity index (χ2v) is 7.08. The van der Waals surface area contributed by atoms with E-state index < -0.39 is 10.0 Å². The van der Waals surface area contributed by atoms with E-state index in [-0.39, 0.29) is 4.90 Å². The van der Waals surface area contributed by atoms with Gasteiger partial charge in [0.05, 0.1) is 10.6 Å². The molecule has 0 spiro atoms. The van der Waals surface area contributed by atoms with Crippen molar-refractivity contribution in [3.8, 4) is 0 Å². The lowest BCUT2D eigenvalue weighted by atomic mass is 10.2. The van der Waals surface area contributed by atoms with Gasteiger partial charge in [-0.05, 0) is 48.9 Å². The van der Waals surface area contributed by atoms with E-state index in [2.05, 4.69) is 4.72 Å². The van der Waals surface area contributed by atoms with Gasteiger partial charge < -0.3 is 4.90 Å². The van der Waals surface area contributed by atoms with Crippen molar-refractivity contribution >= 4 is 33.0 Å². The molecule has 0 saturated heterocycles. The molecular formula is C15H17ClN2O2S. The molecule has 21 heavy (non-hydrogen) atoms. The Morgan fingerprint density at radius 1 is 1.10 bits per heavy atom. The second kappa shape index (κ2) is 5.95. The molecule has 0 heterocycles. The van der Waals surface area contributed by atoms with Crippen LogP contribution in [0.25, 0.3) is 0 Å². The van der Waals surface area contributed by atoms with Gasteiger partial charge in [0, 0.05) is 24.8 Å². The smallest absolute Gasteiger partial charge is 0.261 e. The number of aryl methyl sites for hydroxylation is 1. The Kier molecular flexibility index (Phi) is 4.44. The van der Waals surface area contributed by atoms with Gasteiger partial charge in [0.1, 0.15) is 0 Å². The zero-order chi connectivity index (χ0) is 15.6. The number of sulfonamides is 1. The average molecular weight is 325 g/mol. The van der Waals surface area contributed by atoms with E-state index in [0.717, 1.165) is 11.3 Å². The van der Waals surface area contributed by atoms with Crippen LogP contribution in [-0.2, 0) is 10.0 Å². The molecule has 0 saturated carbocycles. The van der Waals surface area contributed by atoms with Crippen LogP contribution in [0.1, 0.15) is 5.56 Å². The van der Waals surface area contributed by atoms with Crippen molar-refractivity contribution in [2.45, 2.75) is 11.8 Å². The molecule has 0 bridgehead atoms. The Morgan fingerprint density at radius 3 is 2.43 bits per heavy atom. The predicted molar refractivity (Wildman–Crippen MR) is 87.8 cm³/mol. The summed E-state index contributed by atoms with van der Waals surface area (Å²) >= 11 is 5.88. The summed E-state index contributed by atoms with van der Waals surface area (Å²) in [5.41, 5.74) is 2.12. The van der Waals surface area contributed by atoms with E-state index in [1.807, 2.05) is 25.1 Å². The van der Waals surface area contributed by atoms with Crippen molar-refractivity contribution in [1.29, 1.82) is 0 Å². The minimum absolute atomic E-state index is 0.225. The summed E-state index contributed by atoms with van der Waals surface area (Å²) in [6.45, 7) is 1.81. The maximum Gasteiger partial charge on any atom is 0.261 e. The fourth-order valence-electron chi connectivity index (χ4n) is 1.87. The zero-order valence-corrected chi connectivity index (χ0v) is 13.7. The van der Waals surface area contributed by atoms with Gasteiger partial charge in [-0.3, -0.25) is 4.72 Å². The number of hydrogen-bond donors (Lipinski definition) is 1. The molecule has 0 fully saturated rings.